The third kappa shape index (κ3) is 0.714. The maximum atomic E-state index is 11.1. The van der Waals surface area contributed by atoms with Crippen LogP contribution in [-0.2, 0) is 9.59 Å². The quantitative estimate of drug-likeness (QED) is 0.483. The highest BCUT2D eigenvalue weighted by Gasteiger charge is 2.54. The van der Waals surface area contributed by atoms with E-state index >= 15 is 0 Å². The number of amides is 1. The molecule has 0 radical (unpaired) electrons. The molecular weight excluding hydrogens is 160 g/mol. The van der Waals surface area contributed by atoms with E-state index in [9.17, 15) is 9.59 Å². The summed E-state index contributed by atoms with van der Waals surface area (Å²) in [6.45, 7) is 0. The lowest BCUT2D eigenvalue weighted by molar-refractivity contribution is -0.158. The second-order valence-electron chi connectivity index (χ2n) is 3.27. The molecule has 2 saturated heterocycles. The first-order valence-electron chi connectivity index (χ1n) is 3.93. The first-order valence-corrected chi connectivity index (χ1v) is 3.93. The van der Waals surface area contributed by atoms with Crippen LogP contribution in [0.15, 0.2) is 0 Å². The van der Waals surface area contributed by atoms with E-state index in [0.717, 1.165) is 6.42 Å². The monoisotopic (exact) mass is 170 g/mol. The molecule has 3 N–H and O–H groups in total. The molecule has 0 aromatic carbocycles. The summed E-state index contributed by atoms with van der Waals surface area (Å²) in [7, 11) is 0. The molecule has 2 fully saturated rings. The molecule has 2 rings (SSSR count). The van der Waals surface area contributed by atoms with Crippen molar-refractivity contribution in [3.63, 3.8) is 0 Å². The lowest BCUT2D eigenvalue weighted by Gasteiger charge is -2.42. The Hall–Kier alpha value is -1.10. The highest BCUT2D eigenvalue weighted by Crippen LogP contribution is 2.34. The van der Waals surface area contributed by atoms with Crippen LogP contribution < -0.4 is 5.73 Å². The van der Waals surface area contributed by atoms with Gasteiger partial charge in [-0.15, -0.1) is 0 Å². The predicted octanol–water partition coefficient (Wildman–Crippen LogP) is -1.23. The standard InChI is InChI=1S/C7H10N2O3/c8-5-3-1-2-4(7(11)12)9(3)6(5)10/h3-5H,1-2,8H2,(H,11,12)/t3-,4+,5+/m1/s1. The molecule has 66 valence electrons. The topological polar surface area (TPSA) is 83.6 Å². The van der Waals surface area contributed by atoms with Gasteiger partial charge in [0.05, 0.1) is 6.04 Å². The highest BCUT2D eigenvalue weighted by molar-refractivity contribution is 5.94. The minimum atomic E-state index is -0.919. The van der Waals surface area contributed by atoms with Crippen LogP contribution in [0.1, 0.15) is 12.8 Å². The van der Waals surface area contributed by atoms with E-state index in [2.05, 4.69) is 0 Å². The number of carbonyl (C=O) groups excluding carboxylic acids is 1. The Morgan fingerprint density at radius 1 is 1.58 bits per heavy atom. The summed E-state index contributed by atoms with van der Waals surface area (Å²) >= 11 is 0. The van der Waals surface area contributed by atoms with Gasteiger partial charge in [0.1, 0.15) is 12.1 Å². The first-order chi connectivity index (χ1) is 5.63. The maximum absolute atomic E-state index is 11.1. The summed E-state index contributed by atoms with van der Waals surface area (Å²) in [6, 6.07) is -1.09. The Morgan fingerprint density at radius 2 is 2.25 bits per heavy atom. The number of hydrogen-bond acceptors (Lipinski definition) is 3. The van der Waals surface area contributed by atoms with Crippen molar-refractivity contribution >= 4 is 11.9 Å². The molecule has 0 bridgehead atoms. The minimum absolute atomic E-state index is 0.0152. The lowest BCUT2D eigenvalue weighted by Crippen LogP contribution is -2.68. The van der Waals surface area contributed by atoms with Crippen molar-refractivity contribution in [3.05, 3.63) is 0 Å². The first kappa shape index (κ1) is 7.54. The van der Waals surface area contributed by atoms with Crippen molar-refractivity contribution in [2.75, 3.05) is 0 Å². The number of carbonyl (C=O) groups is 2. The fourth-order valence-corrected chi connectivity index (χ4v) is 2.00. The molecule has 2 aliphatic heterocycles. The van der Waals surface area contributed by atoms with Crippen LogP contribution in [0, 0.1) is 0 Å². The smallest absolute Gasteiger partial charge is 0.326 e. The van der Waals surface area contributed by atoms with Crippen LogP contribution in [0.25, 0.3) is 0 Å². The van der Waals surface area contributed by atoms with E-state index in [1.54, 1.807) is 0 Å². The SMILES string of the molecule is N[C@@H]1C(=O)N2[C@@H]1CC[C@H]2C(=O)O. The lowest BCUT2D eigenvalue weighted by atomic mass is 9.97. The van der Waals surface area contributed by atoms with E-state index in [0.29, 0.717) is 6.42 Å². The molecule has 12 heavy (non-hydrogen) atoms. The Bertz CT molecular complexity index is 253. The number of carboxylic acids is 1. The van der Waals surface area contributed by atoms with Gasteiger partial charge in [0.2, 0.25) is 5.91 Å². The third-order valence-electron chi connectivity index (χ3n) is 2.67. The van der Waals surface area contributed by atoms with Gasteiger partial charge in [-0.05, 0) is 12.8 Å². The zero-order valence-electron chi connectivity index (χ0n) is 6.43. The Morgan fingerprint density at radius 3 is 2.83 bits per heavy atom. The molecule has 0 saturated carbocycles. The summed E-state index contributed by atoms with van der Waals surface area (Å²) in [5.41, 5.74) is 5.49. The van der Waals surface area contributed by atoms with Crippen molar-refractivity contribution in [2.24, 2.45) is 5.73 Å². The summed E-state index contributed by atoms with van der Waals surface area (Å²) in [5.74, 6) is -1.14. The number of fused-ring (bicyclic) bond motifs is 1. The fraction of sp³-hybridized carbons (Fsp3) is 0.714. The molecule has 1 amide bonds. The normalized spacial score (nSPS) is 39.2. The van der Waals surface area contributed by atoms with E-state index in [1.165, 1.54) is 4.90 Å². The average molecular weight is 170 g/mol. The molecule has 3 atom stereocenters. The Balaban J connectivity index is 2.16. The number of rotatable bonds is 1. The molecule has 0 aromatic heterocycles. The predicted molar refractivity (Wildman–Crippen MR) is 39.3 cm³/mol. The van der Waals surface area contributed by atoms with E-state index in [4.69, 9.17) is 10.8 Å². The van der Waals surface area contributed by atoms with Crippen molar-refractivity contribution in [1.82, 2.24) is 4.90 Å². The van der Waals surface area contributed by atoms with Gasteiger partial charge >= 0.3 is 5.97 Å². The Labute approximate surface area is 69.1 Å². The zero-order valence-corrected chi connectivity index (χ0v) is 6.43. The van der Waals surface area contributed by atoms with Crippen molar-refractivity contribution in [3.8, 4) is 0 Å². The van der Waals surface area contributed by atoms with Gasteiger partial charge in [0.25, 0.3) is 0 Å². The molecule has 5 heteroatoms. The van der Waals surface area contributed by atoms with Gasteiger partial charge in [0.15, 0.2) is 0 Å². The fourth-order valence-electron chi connectivity index (χ4n) is 2.00. The van der Waals surface area contributed by atoms with Crippen molar-refractivity contribution < 1.29 is 14.7 Å². The van der Waals surface area contributed by atoms with Crippen LogP contribution in [0.5, 0.6) is 0 Å². The average Bonchev–Trinajstić information content (AvgIpc) is 2.43. The number of aliphatic carboxylic acids is 1. The van der Waals surface area contributed by atoms with Crippen molar-refractivity contribution in [2.45, 2.75) is 31.0 Å². The van der Waals surface area contributed by atoms with Crippen LogP contribution in [-0.4, -0.2) is 40.0 Å². The second kappa shape index (κ2) is 2.20. The second-order valence-corrected chi connectivity index (χ2v) is 3.27. The summed E-state index contributed by atoms with van der Waals surface area (Å²) in [6.07, 6.45) is 1.27. The largest absolute Gasteiger partial charge is 0.480 e. The zero-order chi connectivity index (χ0) is 8.88. The number of carboxylic acid groups (broad SMARTS) is 1. The molecule has 0 aromatic rings. The number of nitrogens with two attached hydrogens (primary N) is 1. The van der Waals surface area contributed by atoms with Crippen LogP contribution in [0.2, 0.25) is 0 Å². The number of β-lactam (4-membered cyclic amide) rings is 1. The van der Waals surface area contributed by atoms with Gasteiger partial charge in [-0.1, -0.05) is 0 Å². The molecule has 2 aliphatic rings. The van der Waals surface area contributed by atoms with Gasteiger partial charge in [0, 0.05) is 0 Å². The number of hydrogen-bond donors (Lipinski definition) is 2. The molecule has 0 unspecified atom stereocenters. The van der Waals surface area contributed by atoms with E-state index in [-0.39, 0.29) is 11.9 Å². The van der Waals surface area contributed by atoms with E-state index in [1.807, 2.05) is 0 Å². The third-order valence-corrected chi connectivity index (χ3v) is 2.67. The van der Waals surface area contributed by atoms with Gasteiger partial charge in [-0.3, -0.25) is 4.79 Å². The van der Waals surface area contributed by atoms with Gasteiger partial charge in [-0.2, -0.15) is 0 Å². The molecule has 0 aliphatic carbocycles. The van der Waals surface area contributed by atoms with Crippen LogP contribution in [0.3, 0.4) is 0 Å². The van der Waals surface area contributed by atoms with Crippen LogP contribution in [0.4, 0.5) is 0 Å². The van der Waals surface area contributed by atoms with Gasteiger partial charge in [-0.25, -0.2) is 4.79 Å². The molecule has 5 nitrogen and oxygen atoms in total. The number of nitrogens with zero attached hydrogens (tertiary/aromatic N) is 1. The minimum Gasteiger partial charge on any atom is -0.480 e. The summed E-state index contributed by atoms with van der Waals surface area (Å²) < 4.78 is 0. The summed E-state index contributed by atoms with van der Waals surface area (Å²) in [5, 5.41) is 8.70. The van der Waals surface area contributed by atoms with Gasteiger partial charge < -0.3 is 15.7 Å². The molecule has 2 heterocycles. The summed E-state index contributed by atoms with van der Waals surface area (Å²) in [4.78, 5) is 23.1. The molecule has 0 spiro atoms. The van der Waals surface area contributed by atoms with Crippen molar-refractivity contribution in [1.29, 1.82) is 0 Å². The molecular formula is C7H10N2O3. The maximum Gasteiger partial charge on any atom is 0.326 e. The van der Waals surface area contributed by atoms with E-state index < -0.39 is 18.1 Å². The highest BCUT2D eigenvalue weighted by atomic mass is 16.4. The van der Waals surface area contributed by atoms with Crippen LogP contribution >= 0.6 is 0 Å². The Kier molecular flexibility index (Phi) is 1.38.